The number of nitrogens with zero attached hydrogens (tertiary/aromatic N) is 1. The van der Waals surface area contributed by atoms with Gasteiger partial charge in [-0.05, 0) is 24.6 Å². The Morgan fingerprint density at radius 3 is 2.96 bits per heavy atom. The summed E-state index contributed by atoms with van der Waals surface area (Å²) in [7, 11) is 0. The Bertz CT molecular complexity index is 776. The number of ether oxygens (including phenoxy) is 1. The standard InChI is InChI=1S/C18H16ClNO4/c1-2-4-13-18-8-7-12(24-18)14(17(22)23)15(18)16(21)20(13)11-6-3-5-10(19)9-11/h2-3,5-9,12-15H,1,4H2,(H,22,23)/t12-,13+,14+,15-,18-/m1/s1. The van der Waals surface area contributed by atoms with E-state index in [1.54, 1.807) is 41.3 Å². The first-order valence-electron chi connectivity index (χ1n) is 7.79. The van der Waals surface area contributed by atoms with Crippen LogP contribution in [0.25, 0.3) is 0 Å². The molecule has 124 valence electrons. The molecule has 5 nitrogen and oxygen atoms in total. The van der Waals surface area contributed by atoms with Gasteiger partial charge in [0.15, 0.2) is 0 Å². The largest absolute Gasteiger partial charge is 0.481 e. The van der Waals surface area contributed by atoms with Crippen molar-refractivity contribution in [3.05, 3.63) is 54.1 Å². The van der Waals surface area contributed by atoms with Crippen LogP contribution < -0.4 is 4.90 Å². The van der Waals surface area contributed by atoms with Crippen LogP contribution in [0.4, 0.5) is 5.69 Å². The summed E-state index contributed by atoms with van der Waals surface area (Å²) < 4.78 is 6.04. The highest BCUT2D eigenvalue weighted by Gasteiger charge is 2.71. The van der Waals surface area contributed by atoms with E-state index in [-0.39, 0.29) is 11.9 Å². The second-order valence-electron chi connectivity index (χ2n) is 6.37. The monoisotopic (exact) mass is 345 g/mol. The first-order valence-corrected chi connectivity index (χ1v) is 8.17. The Morgan fingerprint density at radius 1 is 1.50 bits per heavy atom. The van der Waals surface area contributed by atoms with Crippen molar-refractivity contribution in [2.75, 3.05) is 4.90 Å². The van der Waals surface area contributed by atoms with E-state index in [1.165, 1.54) is 0 Å². The molecule has 1 amide bonds. The number of rotatable bonds is 4. The number of hydrogen-bond acceptors (Lipinski definition) is 3. The van der Waals surface area contributed by atoms with Gasteiger partial charge in [-0.1, -0.05) is 35.9 Å². The van der Waals surface area contributed by atoms with Crippen LogP contribution in [0.1, 0.15) is 6.42 Å². The molecule has 2 bridgehead atoms. The summed E-state index contributed by atoms with van der Waals surface area (Å²) in [5.74, 6) is -2.83. The molecule has 3 aliphatic heterocycles. The molecule has 0 unspecified atom stereocenters. The van der Waals surface area contributed by atoms with Crippen LogP contribution in [0.2, 0.25) is 5.02 Å². The molecule has 6 heteroatoms. The summed E-state index contributed by atoms with van der Waals surface area (Å²) in [6, 6.07) is 6.67. The molecule has 0 saturated carbocycles. The van der Waals surface area contributed by atoms with Crippen LogP contribution in [0.3, 0.4) is 0 Å². The second-order valence-corrected chi connectivity index (χ2v) is 6.80. The molecular formula is C18H16ClNO4. The maximum Gasteiger partial charge on any atom is 0.310 e. The highest BCUT2D eigenvalue weighted by Crippen LogP contribution is 2.56. The molecule has 2 saturated heterocycles. The van der Waals surface area contributed by atoms with Crippen LogP contribution >= 0.6 is 11.6 Å². The van der Waals surface area contributed by atoms with E-state index in [4.69, 9.17) is 16.3 Å². The van der Waals surface area contributed by atoms with Crippen LogP contribution in [-0.2, 0) is 14.3 Å². The summed E-state index contributed by atoms with van der Waals surface area (Å²) in [5, 5.41) is 10.1. The van der Waals surface area contributed by atoms with Gasteiger partial charge < -0.3 is 14.7 Å². The Hall–Kier alpha value is -2.11. The number of amides is 1. The van der Waals surface area contributed by atoms with Crippen molar-refractivity contribution in [2.45, 2.75) is 24.2 Å². The number of carbonyl (C=O) groups excluding carboxylic acids is 1. The molecule has 0 aliphatic carbocycles. The predicted molar refractivity (Wildman–Crippen MR) is 88.9 cm³/mol. The summed E-state index contributed by atoms with van der Waals surface area (Å²) in [4.78, 5) is 26.5. The average molecular weight is 346 g/mol. The smallest absolute Gasteiger partial charge is 0.310 e. The minimum atomic E-state index is -1.00. The molecule has 24 heavy (non-hydrogen) atoms. The van der Waals surface area contributed by atoms with E-state index in [2.05, 4.69) is 6.58 Å². The Morgan fingerprint density at radius 2 is 2.29 bits per heavy atom. The third-order valence-corrected chi connectivity index (χ3v) is 5.42. The Kier molecular flexibility index (Phi) is 3.34. The minimum Gasteiger partial charge on any atom is -0.481 e. The van der Waals surface area contributed by atoms with Gasteiger partial charge in [-0.15, -0.1) is 6.58 Å². The molecule has 2 fully saturated rings. The van der Waals surface area contributed by atoms with E-state index >= 15 is 0 Å². The van der Waals surface area contributed by atoms with Crippen molar-refractivity contribution in [1.82, 2.24) is 0 Å². The summed E-state index contributed by atoms with van der Waals surface area (Å²) in [6.07, 6.45) is 5.30. The van der Waals surface area contributed by atoms with Gasteiger partial charge in [0.25, 0.3) is 0 Å². The van der Waals surface area contributed by atoms with Gasteiger partial charge in [0, 0.05) is 10.7 Å². The zero-order valence-corrected chi connectivity index (χ0v) is 13.5. The number of benzene rings is 1. The molecule has 1 spiro atoms. The SMILES string of the molecule is C=CC[C@@H]1N(c2cccc(Cl)c2)C(=O)[C@H]2[C@@H](C(=O)O)[C@H]3C=C[C@@]12O3. The number of carbonyl (C=O) groups is 2. The molecular weight excluding hydrogens is 330 g/mol. The maximum absolute atomic E-state index is 13.2. The van der Waals surface area contributed by atoms with Crippen LogP contribution in [-0.4, -0.2) is 34.7 Å². The lowest BCUT2D eigenvalue weighted by Gasteiger charge is -2.32. The fourth-order valence-electron chi connectivity index (χ4n) is 4.31. The number of anilines is 1. The second kappa shape index (κ2) is 5.19. The van der Waals surface area contributed by atoms with Crippen molar-refractivity contribution < 1.29 is 19.4 Å². The molecule has 5 atom stereocenters. The molecule has 4 rings (SSSR count). The highest BCUT2D eigenvalue weighted by atomic mass is 35.5. The first kappa shape index (κ1) is 15.4. The number of hydrogen-bond donors (Lipinski definition) is 1. The van der Waals surface area contributed by atoms with Crippen LogP contribution in [0, 0.1) is 11.8 Å². The molecule has 0 radical (unpaired) electrons. The molecule has 0 aromatic heterocycles. The number of carboxylic acid groups (broad SMARTS) is 1. The number of aliphatic carboxylic acids is 1. The zero-order valence-electron chi connectivity index (χ0n) is 12.8. The molecule has 3 heterocycles. The van der Waals surface area contributed by atoms with E-state index in [0.29, 0.717) is 17.1 Å². The Labute approximate surface area is 144 Å². The topological polar surface area (TPSA) is 66.8 Å². The van der Waals surface area contributed by atoms with E-state index < -0.39 is 29.5 Å². The van der Waals surface area contributed by atoms with Gasteiger partial charge in [0.1, 0.15) is 11.5 Å². The lowest BCUT2D eigenvalue weighted by atomic mass is 9.74. The van der Waals surface area contributed by atoms with Crippen LogP contribution in [0.5, 0.6) is 0 Å². The van der Waals surface area contributed by atoms with Crippen molar-refractivity contribution in [3.8, 4) is 0 Å². The van der Waals surface area contributed by atoms with Gasteiger partial charge in [-0.2, -0.15) is 0 Å². The highest BCUT2D eigenvalue weighted by molar-refractivity contribution is 6.31. The molecule has 1 aromatic rings. The molecule has 3 aliphatic rings. The average Bonchev–Trinajstić information content (AvgIpc) is 3.17. The summed E-state index contributed by atoms with van der Waals surface area (Å²) in [5.41, 5.74) is -0.269. The van der Waals surface area contributed by atoms with Gasteiger partial charge >= 0.3 is 5.97 Å². The minimum absolute atomic E-state index is 0.233. The Balaban J connectivity index is 1.85. The van der Waals surface area contributed by atoms with Gasteiger partial charge in [-0.3, -0.25) is 9.59 Å². The number of carboxylic acids is 1. The van der Waals surface area contributed by atoms with Crippen molar-refractivity contribution in [3.63, 3.8) is 0 Å². The maximum atomic E-state index is 13.2. The van der Waals surface area contributed by atoms with Crippen LogP contribution in [0.15, 0.2) is 49.1 Å². The fourth-order valence-corrected chi connectivity index (χ4v) is 4.50. The van der Waals surface area contributed by atoms with Crippen molar-refractivity contribution in [2.24, 2.45) is 11.8 Å². The summed E-state index contributed by atoms with van der Waals surface area (Å²) in [6.45, 7) is 3.78. The lowest BCUT2D eigenvalue weighted by Crippen LogP contribution is -2.45. The number of halogens is 1. The predicted octanol–water partition coefficient (Wildman–Crippen LogP) is 2.66. The summed E-state index contributed by atoms with van der Waals surface area (Å²) >= 11 is 6.07. The first-order chi connectivity index (χ1) is 11.5. The van der Waals surface area contributed by atoms with Gasteiger partial charge in [0.05, 0.1) is 18.1 Å². The molecule has 1 aromatic carbocycles. The van der Waals surface area contributed by atoms with E-state index in [1.807, 2.05) is 6.08 Å². The lowest BCUT2D eigenvalue weighted by molar-refractivity contribution is -0.146. The third-order valence-electron chi connectivity index (χ3n) is 5.18. The molecule has 1 N–H and O–H groups in total. The normalized spacial score (nSPS) is 36.2. The van der Waals surface area contributed by atoms with Gasteiger partial charge in [0.2, 0.25) is 5.91 Å². The quantitative estimate of drug-likeness (QED) is 0.852. The fraction of sp³-hybridized carbons (Fsp3) is 0.333. The number of fused-ring (bicyclic) bond motifs is 1. The van der Waals surface area contributed by atoms with Crippen molar-refractivity contribution >= 4 is 29.2 Å². The zero-order chi connectivity index (χ0) is 17.1. The van der Waals surface area contributed by atoms with Gasteiger partial charge in [-0.25, -0.2) is 0 Å². The van der Waals surface area contributed by atoms with E-state index in [0.717, 1.165) is 0 Å². The van der Waals surface area contributed by atoms with Crippen molar-refractivity contribution in [1.29, 1.82) is 0 Å². The van der Waals surface area contributed by atoms with E-state index in [9.17, 15) is 14.7 Å². The third kappa shape index (κ3) is 1.85.